The molecule has 164 valence electrons. The number of benzene rings is 1. The second-order valence-corrected chi connectivity index (χ2v) is 10.9. The van der Waals surface area contributed by atoms with Crippen molar-refractivity contribution >= 4 is 10.0 Å². The smallest absolute Gasteiger partial charge is 0.211 e. The number of sulfonamides is 1. The molecule has 1 atom stereocenters. The molecule has 30 heavy (non-hydrogen) atoms. The first-order chi connectivity index (χ1) is 14.4. The molecule has 0 N–H and O–H groups in total. The third kappa shape index (κ3) is 4.98. The van der Waals surface area contributed by atoms with Crippen LogP contribution in [0.1, 0.15) is 43.7 Å². The van der Waals surface area contributed by atoms with Crippen molar-refractivity contribution in [3.63, 3.8) is 0 Å². The van der Waals surface area contributed by atoms with Gasteiger partial charge in [0.05, 0.1) is 12.5 Å². The highest BCUT2D eigenvalue weighted by Gasteiger charge is 2.29. The summed E-state index contributed by atoms with van der Waals surface area (Å²) in [7, 11) is -3.05. The Labute approximate surface area is 181 Å². The van der Waals surface area contributed by atoms with Gasteiger partial charge in [-0.15, -0.1) is 0 Å². The maximum atomic E-state index is 11.8. The maximum Gasteiger partial charge on any atom is 0.211 e. The quantitative estimate of drug-likeness (QED) is 0.661. The first-order valence-corrected chi connectivity index (χ1v) is 13.1. The summed E-state index contributed by atoms with van der Waals surface area (Å²) in [6.07, 6.45) is 9.58. The Hall–Kier alpha value is -1.63. The van der Waals surface area contributed by atoms with Gasteiger partial charge in [-0.1, -0.05) is 19.1 Å². The minimum atomic E-state index is -3.05. The summed E-state index contributed by atoms with van der Waals surface area (Å²) >= 11 is 0. The molecule has 2 aromatic rings. The monoisotopic (exact) mass is 430 g/mol. The van der Waals surface area contributed by atoms with Gasteiger partial charge in [0.2, 0.25) is 10.0 Å². The van der Waals surface area contributed by atoms with Crippen molar-refractivity contribution in [1.82, 2.24) is 9.21 Å². The lowest BCUT2D eigenvalue weighted by molar-refractivity contribution is 0.129. The van der Waals surface area contributed by atoms with Crippen molar-refractivity contribution in [3.05, 3.63) is 47.7 Å². The van der Waals surface area contributed by atoms with Crippen LogP contribution in [0.2, 0.25) is 0 Å². The van der Waals surface area contributed by atoms with E-state index in [1.165, 1.54) is 23.8 Å². The van der Waals surface area contributed by atoms with E-state index in [-0.39, 0.29) is 0 Å². The van der Waals surface area contributed by atoms with Crippen LogP contribution in [0.5, 0.6) is 0 Å². The van der Waals surface area contributed by atoms with E-state index in [9.17, 15) is 8.42 Å². The van der Waals surface area contributed by atoms with Gasteiger partial charge in [0.15, 0.2) is 0 Å². The van der Waals surface area contributed by atoms with Gasteiger partial charge in [0.1, 0.15) is 5.76 Å². The maximum absolute atomic E-state index is 11.8. The molecule has 1 unspecified atom stereocenters. The summed E-state index contributed by atoms with van der Waals surface area (Å²) in [5, 5.41) is 0. The zero-order chi connectivity index (χ0) is 21.1. The summed E-state index contributed by atoms with van der Waals surface area (Å²) in [6.45, 7) is 5.80. The van der Waals surface area contributed by atoms with Crippen LogP contribution in [-0.4, -0.2) is 56.1 Å². The molecule has 1 aliphatic heterocycles. The highest BCUT2D eigenvalue weighted by Crippen LogP contribution is 2.31. The number of rotatable bonds is 7. The topological polar surface area (TPSA) is 53.8 Å². The van der Waals surface area contributed by atoms with Crippen LogP contribution in [0.3, 0.4) is 0 Å². The Balaban J connectivity index is 1.42. The van der Waals surface area contributed by atoms with Crippen molar-refractivity contribution in [2.75, 3.05) is 32.4 Å². The predicted molar refractivity (Wildman–Crippen MR) is 121 cm³/mol. The van der Waals surface area contributed by atoms with E-state index in [0.29, 0.717) is 25.0 Å². The fourth-order valence-corrected chi connectivity index (χ4v) is 5.99. The fourth-order valence-electron chi connectivity index (χ4n) is 5.11. The van der Waals surface area contributed by atoms with Crippen LogP contribution in [-0.2, 0) is 22.9 Å². The van der Waals surface area contributed by atoms with Gasteiger partial charge in [-0.05, 0) is 80.3 Å². The number of nitrogens with zero attached hydrogens (tertiary/aromatic N) is 2. The molecule has 2 aliphatic rings. The lowest BCUT2D eigenvalue weighted by Crippen LogP contribution is -2.45. The second kappa shape index (κ2) is 9.25. The molecule has 5 nitrogen and oxygen atoms in total. The van der Waals surface area contributed by atoms with E-state index in [1.807, 2.05) is 12.1 Å². The van der Waals surface area contributed by atoms with E-state index < -0.39 is 10.0 Å². The molecular weight excluding hydrogens is 396 g/mol. The zero-order valence-corrected chi connectivity index (χ0v) is 19.0. The molecule has 6 heteroatoms. The molecule has 1 fully saturated rings. The molecule has 1 aromatic carbocycles. The fraction of sp³-hybridized carbons (Fsp3) is 0.583. The molecule has 0 amide bonds. The SMILES string of the molecule is CCCN(CC1CCN(S(C)(=O)=O)CC1)C1CCc2ccc(-c3ccco3)cc2C1. The molecule has 1 saturated heterocycles. The van der Waals surface area contributed by atoms with Gasteiger partial charge in [-0.2, -0.15) is 0 Å². The number of fused-ring (bicyclic) bond motifs is 1. The Kier molecular flexibility index (Phi) is 6.66. The van der Waals surface area contributed by atoms with Crippen LogP contribution in [0.15, 0.2) is 41.0 Å². The van der Waals surface area contributed by atoms with E-state index in [1.54, 1.807) is 10.6 Å². The summed E-state index contributed by atoms with van der Waals surface area (Å²) in [5.41, 5.74) is 4.09. The van der Waals surface area contributed by atoms with E-state index in [2.05, 4.69) is 30.0 Å². The lowest BCUT2D eigenvalue weighted by Gasteiger charge is -2.39. The zero-order valence-electron chi connectivity index (χ0n) is 18.2. The second-order valence-electron chi connectivity index (χ2n) is 8.96. The third-order valence-corrected chi connectivity index (χ3v) is 8.08. The van der Waals surface area contributed by atoms with Crippen molar-refractivity contribution in [1.29, 1.82) is 0 Å². The normalized spacial score (nSPS) is 21.1. The molecule has 0 bridgehead atoms. The Bertz CT molecular complexity index is 931. The van der Waals surface area contributed by atoms with Gasteiger partial charge in [-0.25, -0.2) is 12.7 Å². The summed E-state index contributed by atoms with van der Waals surface area (Å²) in [6, 6.07) is 11.3. The molecule has 2 heterocycles. The van der Waals surface area contributed by atoms with Crippen LogP contribution in [0, 0.1) is 5.92 Å². The van der Waals surface area contributed by atoms with Gasteiger partial charge in [0, 0.05) is 31.2 Å². The molecular formula is C24H34N2O3S. The van der Waals surface area contributed by atoms with Gasteiger partial charge < -0.3 is 4.42 Å². The molecule has 0 saturated carbocycles. The summed E-state index contributed by atoms with van der Waals surface area (Å²) in [5.74, 6) is 1.52. The minimum Gasteiger partial charge on any atom is -0.464 e. The van der Waals surface area contributed by atoms with E-state index in [0.717, 1.165) is 56.5 Å². The van der Waals surface area contributed by atoms with Gasteiger partial charge in [0.25, 0.3) is 0 Å². The first-order valence-electron chi connectivity index (χ1n) is 11.3. The van der Waals surface area contributed by atoms with Crippen LogP contribution < -0.4 is 0 Å². The Morgan fingerprint density at radius 2 is 1.93 bits per heavy atom. The lowest BCUT2D eigenvalue weighted by atomic mass is 9.85. The number of hydrogen-bond acceptors (Lipinski definition) is 4. The number of piperidine rings is 1. The Morgan fingerprint density at radius 1 is 1.13 bits per heavy atom. The van der Waals surface area contributed by atoms with E-state index in [4.69, 9.17) is 4.42 Å². The summed E-state index contributed by atoms with van der Waals surface area (Å²) < 4.78 is 30.8. The van der Waals surface area contributed by atoms with Crippen molar-refractivity contribution < 1.29 is 12.8 Å². The average Bonchev–Trinajstić information content (AvgIpc) is 3.27. The first kappa shape index (κ1) is 21.6. The third-order valence-electron chi connectivity index (χ3n) is 6.78. The average molecular weight is 431 g/mol. The van der Waals surface area contributed by atoms with Crippen molar-refractivity contribution in [3.8, 4) is 11.3 Å². The number of aryl methyl sites for hydroxylation is 1. The van der Waals surface area contributed by atoms with Crippen molar-refractivity contribution in [2.45, 2.75) is 51.5 Å². The van der Waals surface area contributed by atoms with Crippen LogP contribution in [0.25, 0.3) is 11.3 Å². The van der Waals surface area contributed by atoms with E-state index >= 15 is 0 Å². The highest BCUT2D eigenvalue weighted by molar-refractivity contribution is 7.88. The standard InChI is InChI=1S/C24H34N2O3S/c1-3-12-25(18-19-10-13-26(14-11-19)30(2,27)28)23-9-8-20-6-7-21(16-22(20)17-23)24-5-4-15-29-24/h4-7,15-16,19,23H,3,8-14,17-18H2,1-2H3. The minimum absolute atomic E-state index is 0.567. The molecule has 0 spiro atoms. The largest absolute Gasteiger partial charge is 0.464 e. The summed E-state index contributed by atoms with van der Waals surface area (Å²) in [4.78, 5) is 2.68. The van der Waals surface area contributed by atoms with Gasteiger partial charge >= 0.3 is 0 Å². The highest BCUT2D eigenvalue weighted by atomic mass is 32.2. The molecule has 0 radical (unpaired) electrons. The Morgan fingerprint density at radius 3 is 2.60 bits per heavy atom. The number of furan rings is 1. The molecule has 1 aliphatic carbocycles. The number of hydrogen-bond donors (Lipinski definition) is 0. The van der Waals surface area contributed by atoms with Gasteiger partial charge in [-0.3, -0.25) is 4.90 Å². The predicted octanol–water partition coefficient (Wildman–Crippen LogP) is 4.19. The van der Waals surface area contributed by atoms with Crippen LogP contribution >= 0.6 is 0 Å². The van der Waals surface area contributed by atoms with Crippen molar-refractivity contribution in [2.24, 2.45) is 5.92 Å². The molecule has 4 rings (SSSR count). The molecule has 1 aromatic heterocycles. The van der Waals surface area contributed by atoms with Crippen LogP contribution in [0.4, 0.5) is 0 Å².